The second-order valence-corrected chi connectivity index (χ2v) is 4.28. The average molecular weight is 228 g/mol. The van der Waals surface area contributed by atoms with Gasteiger partial charge in [0.2, 0.25) is 11.8 Å². The summed E-state index contributed by atoms with van der Waals surface area (Å²) in [5.74, 6) is -0.126. The Morgan fingerprint density at radius 3 is 2.12 bits per heavy atom. The fraction of sp³-hybridized carbons (Fsp3) is 0.833. The fourth-order valence-electron chi connectivity index (χ4n) is 1.38. The highest BCUT2D eigenvalue weighted by Gasteiger charge is 2.18. The highest BCUT2D eigenvalue weighted by atomic mass is 16.2. The molecule has 0 aliphatic heterocycles. The molecule has 0 aliphatic carbocycles. The van der Waals surface area contributed by atoms with Gasteiger partial charge in [0.1, 0.15) is 0 Å². The molecule has 1 N–H and O–H groups in total. The lowest BCUT2D eigenvalue weighted by Crippen LogP contribution is -2.46. The Morgan fingerprint density at radius 1 is 1.19 bits per heavy atom. The number of carbonyl (C=O) groups excluding carboxylic acids is 2. The quantitative estimate of drug-likeness (QED) is 0.750. The molecule has 0 aliphatic rings. The van der Waals surface area contributed by atoms with Crippen molar-refractivity contribution in [2.24, 2.45) is 0 Å². The summed E-state index contributed by atoms with van der Waals surface area (Å²) in [6.07, 6.45) is 1.76. The molecular weight excluding hydrogens is 204 g/mol. The van der Waals surface area contributed by atoms with Crippen molar-refractivity contribution >= 4 is 11.8 Å². The molecule has 2 unspecified atom stereocenters. The molecule has 94 valence electrons. The monoisotopic (exact) mass is 228 g/mol. The first-order valence-corrected chi connectivity index (χ1v) is 5.98. The summed E-state index contributed by atoms with van der Waals surface area (Å²) in [6, 6.07) is 0.276. The second-order valence-electron chi connectivity index (χ2n) is 4.28. The van der Waals surface area contributed by atoms with Crippen molar-refractivity contribution in [1.29, 1.82) is 0 Å². The standard InChI is InChI=1S/C12H24N2O2/c1-6-9(3)13-12(16)8-14(11(5)15)10(4)7-2/h9-10H,6-8H2,1-5H3,(H,13,16). The molecule has 4 heteroatoms. The minimum Gasteiger partial charge on any atom is -0.352 e. The van der Waals surface area contributed by atoms with E-state index in [0.717, 1.165) is 12.8 Å². The molecule has 4 nitrogen and oxygen atoms in total. The van der Waals surface area contributed by atoms with Gasteiger partial charge in [-0.15, -0.1) is 0 Å². The fourth-order valence-corrected chi connectivity index (χ4v) is 1.38. The van der Waals surface area contributed by atoms with E-state index in [-0.39, 0.29) is 30.4 Å². The van der Waals surface area contributed by atoms with Crippen molar-refractivity contribution in [2.45, 2.75) is 59.5 Å². The van der Waals surface area contributed by atoms with E-state index in [1.165, 1.54) is 6.92 Å². The highest BCUT2D eigenvalue weighted by Crippen LogP contribution is 2.03. The Bertz CT molecular complexity index is 241. The van der Waals surface area contributed by atoms with Crippen LogP contribution in [0.2, 0.25) is 0 Å². The van der Waals surface area contributed by atoms with Crippen LogP contribution in [-0.4, -0.2) is 35.3 Å². The molecule has 0 fully saturated rings. The topological polar surface area (TPSA) is 49.4 Å². The largest absolute Gasteiger partial charge is 0.352 e. The van der Waals surface area contributed by atoms with E-state index in [1.54, 1.807) is 4.90 Å². The highest BCUT2D eigenvalue weighted by molar-refractivity contribution is 5.84. The lowest BCUT2D eigenvalue weighted by atomic mass is 10.2. The van der Waals surface area contributed by atoms with Gasteiger partial charge in [0, 0.05) is 19.0 Å². The third-order valence-electron chi connectivity index (χ3n) is 2.86. The molecule has 2 amide bonds. The maximum Gasteiger partial charge on any atom is 0.239 e. The molecule has 2 atom stereocenters. The molecule has 0 aromatic heterocycles. The van der Waals surface area contributed by atoms with Crippen LogP contribution >= 0.6 is 0 Å². The third kappa shape index (κ3) is 5.14. The van der Waals surface area contributed by atoms with Crippen molar-refractivity contribution in [3.8, 4) is 0 Å². The number of nitrogens with zero attached hydrogens (tertiary/aromatic N) is 1. The van der Waals surface area contributed by atoms with E-state index >= 15 is 0 Å². The molecular formula is C12H24N2O2. The number of carbonyl (C=O) groups is 2. The van der Waals surface area contributed by atoms with Crippen LogP contribution in [0.3, 0.4) is 0 Å². The van der Waals surface area contributed by atoms with Crippen molar-refractivity contribution in [3.05, 3.63) is 0 Å². The van der Waals surface area contributed by atoms with Crippen LogP contribution in [0.1, 0.15) is 47.5 Å². The minimum absolute atomic E-state index is 0.0475. The van der Waals surface area contributed by atoms with Crippen molar-refractivity contribution < 1.29 is 9.59 Å². The summed E-state index contributed by atoms with van der Waals surface area (Å²) in [4.78, 5) is 24.6. The summed E-state index contributed by atoms with van der Waals surface area (Å²) in [6.45, 7) is 9.60. The zero-order valence-electron chi connectivity index (χ0n) is 11.0. The van der Waals surface area contributed by atoms with Crippen LogP contribution in [0.15, 0.2) is 0 Å². The molecule has 16 heavy (non-hydrogen) atoms. The number of hydrogen-bond acceptors (Lipinski definition) is 2. The van der Waals surface area contributed by atoms with E-state index in [4.69, 9.17) is 0 Å². The Hall–Kier alpha value is -1.06. The predicted octanol–water partition coefficient (Wildman–Crippen LogP) is 1.55. The molecule has 0 spiro atoms. The zero-order valence-corrected chi connectivity index (χ0v) is 11.0. The SMILES string of the molecule is CCC(C)NC(=O)CN(C(C)=O)C(C)CC. The molecule has 0 saturated heterocycles. The van der Waals surface area contributed by atoms with Gasteiger partial charge in [-0.3, -0.25) is 9.59 Å². The van der Waals surface area contributed by atoms with Gasteiger partial charge in [-0.05, 0) is 26.7 Å². The smallest absolute Gasteiger partial charge is 0.239 e. The Kier molecular flexibility index (Phi) is 6.77. The van der Waals surface area contributed by atoms with Gasteiger partial charge >= 0.3 is 0 Å². The first kappa shape index (κ1) is 14.9. The van der Waals surface area contributed by atoms with Crippen molar-refractivity contribution in [2.75, 3.05) is 6.54 Å². The number of amides is 2. The molecule has 0 aromatic rings. The summed E-state index contributed by atoms with van der Waals surface area (Å²) in [5, 5.41) is 2.86. The average Bonchev–Trinajstić information content (AvgIpc) is 2.24. The molecule has 0 saturated carbocycles. The lowest BCUT2D eigenvalue weighted by Gasteiger charge is -2.27. The predicted molar refractivity (Wildman–Crippen MR) is 65.0 cm³/mol. The Morgan fingerprint density at radius 2 is 1.75 bits per heavy atom. The molecule has 0 radical (unpaired) electrons. The third-order valence-corrected chi connectivity index (χ3v) is 2.86. The van der Waals surface area contributed by atoms with Crippen LogP contribution in [0.25, 0.3) is 0 Å². The summed E-state index contributed by atoms with van der Waals surface area (Å²) >= 11 is 0. The Labute approximate surface area is 98.4 Å². The van der Waals surface area contributed by atoms with Crippen LogP contribution in [0.5, 0.6) is 0 Å². The van der Waals surface area contributed by atoms with Gasteiger partial charge in [0.25, 0.3) is 0 Å². The van der Waals surface area contributed by atoms with Gasteiger partial charge in [-0.1, -0.05) is 13.8 Å². The number of rotatable bonds is 6. The van der Waals surface area contributed by atoms with Gasteiger partial charge in [-0.2, -0.15) is 0 Å². The van der Waals surface area contributed by atoms with Crippen LogP contribution < -0.4 is 5.32 Å². The van der Waals surface area contributed by atoms with E-state index in [9.17, 15) is 9.59 Å². The summed E-state index contributed by atoms with van der Waals surface area (Å²) in [5.41, 5.74) is 0. The van der Waals surface area contributed by atoms with Gasteiger partial charge in [0.05, 0.1) is 6.54 Å². The van der Waals surface area contributed by atoms with Gasteiger partial charge in [0.15, 0.2) is 0 Å². The normalized spacial score (nSPS) is 14.1. The molecule has 0 rings (SSSR count). The zero-order chi connectivity index (χ0) is 12.7. The first-order chi connectivity index (χ1) is 7.42. The number of nitrogens with one attached hydrogen (secondary N) is 1. The van der Waals surface area contributed by atoms with E-state index in [0.29, 0.717) is 0 Å². The second kappa shape index (κ2) is 7.25. The lowest BCUT2D eigenvalue weighted by molar-refractivity contribution is -0.136. The van der Waals surface area contributed by atoms with Crippen molar-refractivity contribution in [1.82, 2.24) is 10.2 Å². The van der Waals surface area contributed by atoms with Gasteiger partial charge < -0.3 is 10.2 Å². The summed E-state index contributed by atoms with van der Waals surface area (Å²) in [7, 11) is 0. The molecule has 0 aromatic carbocycles. The maximum atomic E-state index is 11.6. The van der Waals surface area contributed by atoms with Crippen LogP contribution in [0, 0.1) is 0 Å². The van der Waals surface area contributed by atoms with Crippen molar-refractivity contribution in [3.63, 3.8) is 0 Å². The maximum absolute atomic E-state index is 11.6. The first-order valence-electron chi connectivity index (χ1n) is 5.98. The van der Waals surface area contributed by atoms with Crippen LogP contribution in [-0.2, 0) is 9.59 Å². The van der Waals surface area contributed by atoms with E-state index < -0.39 is 0 Å². The number of hydrogen-bond donors (Lipinski definition) is 1. The van der Waals surface area contributed by atoms with Gasteiger partial charge in [-0.25, -0.2) is 0 Å². The minimum atomic E-state index is -0.0788. The van der Waals surface area contributed by atoms with Crippen LogP contribution in [0.4, 0.5) is 0 Å². The molecule has 0 bridgehead atoms. The molecule has 0 heterocycles. The van der Waals surface area contributed by atoms with E-state index in [2.05, 4.69) is 5.32 Å². The van der Waals surface area contributed by atoms with E-state index in [1.807, 2.05) is 27.7 Å². The Balaban J connectivity index is 4.30. The summed E-state index contributed by atoms with van der Waals surface area (Å²) < 4.78 is 0.